The molecule has 2 aliphatic rings. The molecule has 0 bridgehead atoms. The van der Waals surface area contributed by atoms with Gasteiger partial charge in [-0.15, -0.1) is 0 Å². The van der Waals surface area contributed by atoms with Crippen LogP contribution in [0.1, 0.15) is 24.3 Å². The summed E-state index contributed by atoms with van der Waals surface area (Å²) in [4.78, 5) is 32.2. The number of aryl methyl sites for hydroxylation is 1. The summed E-state index contributed by atoms with van der Waals surface area (Å²) in [5.41, 5.74) is 1.51. The maximum Gasteiger partial charge on any atom is 0.327 e. The second kappa shape index (κ2) is 5.22. The van der Waals surface area contributed by atoms with Crippen molar-refractivity contribution in [1.82, 2.24) is 14.8 Å². The van der Waals surface area contributed by atoms with E-state index in [9.17, 15) is 9.59 Å². The van der Waals surface area contributed by atoms with E-state index in [0.29, 0.717) is 23.9 Å². The van der Waals surface area contributed by atoms with E-state index in [1.807, 2.05) is 30.3 Å². The molecule has 2 aromatic rings. The summed E-state index contributed by atoms with van der Waals surface area (Å²) in [6.45, 7) is 2.65. The molecule has 0 N–H and O–H groups in total. The number of nitrogens with zero attached hydrogens (tertiary/aromatic N) is 3. The fourth-order valence-electron chi connectivity index (χ4n) is 3.26. The number of hydrogen-bond acceptors (Lipinski definition) is 4. The summed E-state index contributed by atoms with van der Waals surface area (Å²) in [6.07, 6.45) is 1.66. The molecule has 4 rings (SSSR count). The number of fused-ring (bicyclic) bond motifs is 1. The summed E-state index contributed by atoms with van der Waals surface area (Å²) < 4.78 is 5.70. The number of rotatable bonds is 3. The van der Waals surface area contributed by atoms with E-state index in [4.69, 9.17) is 4.42 Å². The molecule has 1 atom stereocenters. The second-order valence-corrected chi connectivity index (χ2v) is 5.95. The zero-order valence-electron chi connectivity index (χ0n) is 12.9. The predicted octanol–water partition coefficient (Wildman–Crippen LogP) is 2.58. The minimum Gasteiger partial charge on any atom is -0.441 e. The first-order valence-electron chi connectivity index (χ1n) is 7.79. The fraction of sp³-hybridized carbons (Fsp3) is 0.353. The van der Waals surface area contributed by atoms with Crippen molar-refractivity contribution in [2.75, 3.05) is 6.54 Å². The molecule has 6 nitrogen and oxygen atoms in total. The van der Waals surface area contributed by atoms with E-state index in [-0.39, 0.29) is 24.5 Å². The first-order valence-corrected chi connectivity index (χ1v) is 7.79. The molecule has 2 saturated heterocycles. The van der Waals surface area contributed by atoms with E-state index in [1.54, 1.807) is 11.8 Å². The Morgan fingerprint density at radius 2 is 2.04 bits per heavy atom. The van der Waals surface area contributed by atoms with Crippen LogP contribution in [0.2, 0.25) is 0 Å². The van der Waals surface area contributed by atoms with Gasteiger partial charge in [-0.1, -0.05) is 18.2 Å². The average Bonchev–Trinajstić information content (AvgIpc) is 3.23. The van der Waals surface area contributed by atoms with Crippen LogP contribution in [0.25, 0.3) is 11.5 Å². The van der Waals surface area contributed by atoms with Gasteiger partial charge in [-0.3, -0.25) is 9.69 Å². The Morgan fingerprint density at radius 1 is 1.26 bits per heavy atom. The maximum atomic E-state index is 12.4. The van der Waals surface area contributed by atoms with Crippen LogP contribution >= 0.6 is 0 Å². The van der Waals surface area contributed by atoms with Crippen molar-refractivity contribution in [3.63, 3.8) is 0 Å². The van der Waals surface area contributed by atoms with Gasteiger partial charge >= 0.3 is 6.03 Å². The number of oxazole rings is 1. The topological polar surface area (TPSA) is 66.7 Å². The van der Waals surface area contributed by atoms with Crippen LogP contribution in [0.15, 0.2) is 34.7 Å². The number of aromatic nitrogens is 1. The highest BCUT2D eigenvalue weighted by Gasteiger charge is 2.47. The van der Waals surface area contributed by atoms with Crippen LogP contribution in [-0.4, -0.2) is 39.3 Å². The lowest BCUT2D eigenvalue weighted by Gasteiger charge is -2.14. The summed E-state index contributed by atoms with van der Waals surface area (Å²) in [6, 6.07) is 9.10. The largest absolute Gasteiger partial charge is 0.441 e. The van der Waals surface area contributed by atoms with Crippen molar-refractivity contribution in [3.8, 4) is 11.5 Å². The molecule has 2 aliphatic heterocycles. The summed E-state index contributed by atoms with van der Waals surface area (Å²) >= 11 is 0. The lowest BCUT2D eigenvalue weighted by molar-refractivity contribution is -0.128. The molecule has 23 heavy (non-hydrogen) atoms. The highest BCUT2D eigenvalue weighted by atomic mass is 16.4. The first kappa shape index (κ1) is 14.0. The van der Waals surface area contributed by atoms with Gasteiger partial charge < -0.3 is 9.32 Å². The highest BCUT2D eigenvalue weighted by molar-refractivity contribution is 6.04. The Morgan fingerprint density at radius 3 is 2.78 bits per heavy atom. The molecule has 0 saturated carbocycles. The normalized spacial score (nSPS) is 20.5. The van der Waals surface area contributed by atoms with Gasteiger partial charge in [0.2, 0.25) is 5.89 Å². The molecule has 0 aliphatic carbocycles. The van der Waals surface area contributed by atoms with Crippen molar-refractivity contribution >= 4 is 11.9 Å². The molecule has 3 heterocycles. The molecule has 6 heteroatoms. The van der Waals surface area contributed by atoms with Crippen molar-refractivity contribution < 1.29 is 14.0 Å². The second-order valence-electron chi connectivity index (χ2n) is 5.95. The molecular formula is C17H17N3O3. The maximum absolute atomic E-state index is 12.4. The number of benzene rings is 1. The van der Waals surface area contributed by atoms with Gasteiger partial charge in [-0.2, -0.15) is 0 Å². The zero-order chi connectivity index (χ0) is 16.0. The standard InChI is InChI=1S/C17H17N3O3/c1-11-13(18-15(23-11)12-6-3-2-4-7-12)10-20-16(21)14-8-5-9-19(14)17(20)22/h2-4,6-7,14H,5,8-10H2,1H3. The predicted molar refractivity (Wildman–Crippen MR) is 82.4 cm³/mol. The SMILES string of the molecule is Cc1oc(-c2ccccc2)nc1CN1C(=O)C2CCCN2C1=O. The molecule has 1 unspecified atom stereocenters. The third-order valence-corrected chi connectivity index (χ3v) is 4.50. The van der Waals surface area contributed by atoms with Crippen LogP contribution in [0.5, 0.6) is 0 Å². The third kappa shape index (κ3) is 2.21. The van der Waals surface area contributed by atoms with Crippen molar-refractivity contribution in [2.24, 2.45) is 0 Å². The number of carbonyl (C=O) groups excluding carboxylic acids is 2. The van der Waals surface area contributed by atoms with Crippen molar-refractivity contribution in [3.05, 3.63) is 41.8 Å². The monoisotopic (exact) mass is 311 g/mol. The number of carbonyl (C=O) groups is 2. The van der Waals surface area contributed by atoms with Crippen LogP contribution in [0.3, 0.4) is 0 Å². The summed E-state index contributed by atoms with van der Waals surface area (Å²) in [7, 11) is 0. The first-order chi connectivity index (χ1) is 11.1. The Labute approximate surface area is 133 Å². The van der Waals surface area contributed by atoms with Crippen LogP contribution in [-0.2, 0) is 11.3 Å². The molecule has 0 spiro atoms. The van der Waals surface area contributed by atoms with Gasteiger partial charge in [-0.05, 0) is 31.9 Å². The molecule has 0 radical (unpaired) electrons. The van der Waals surface area contributed by atoms with Crippen molar-refractivity contribution in [2.45, 2.75) is 32.4 Å². The molecule has 2 fully saturated rings. The van der Waals surface area contributed by atoms with E-state index >= 15 is 0 Å². The Balaban J connectivity index is 1.59. The smallest absolute Gasteiger partial charge is 0.327 e. The van der Waals surface area contributed by atoms with Gasteiger partial charge in [0.05, 0.1) is 6.54 Å². The van der Waals surface area contributed by atoms with Crippen LogP contribution in [0, 0.1) is 6.92 Å². The van der Waals surface area contributed by atoms with E-state index in [0.717, 1.165) is 18.4 Å². The number of urea groups is 1. The highest BCUT2D eigenvalue weighted by Crippen LogP contribution is 2.29. The van der Waals surface area contributed by atoms with E-state index < -0.39 is 0 Å². The zero-order valence-corrected chi connectivity index (χ0v) is 12.9. The van der Waals surface area contributed by atoms with Gasteiger partial charge in [0.25, 0.3) is 5.91 Å². The summed E-state index contributed by atoms with van der Waals surface area (Å²) in [5.74, 6) is 1.03. The summed E-state index contributed by atoms with van der Waals surface area (Å²) in [5, 5.41) is 0. The molecule has 1 aromatic carbocycles. The molecular weight excluding hydrogens is 294 g/mol. The number of hydrogen-bond donors (Lipinski definition) is 0. The lowest BCUT2D eigenvalue weighted by atomic mass is 10.2. The van der Waals surface area contributed by atoms with Crippen LogP contribution < -0.4 is 0 Å². The Kier molecular flexibility index (Phi) is 3.18. The Hall–Kier alpha value is -2.63. The van der Waals surface area contributed by atoms with Crippen LogP contribution in [0.4, 0.5) is 4.79 Å². The minimum atomic E-state index is -0.275. The van der Waals surface area contributed by atoms with E-state index in [1.165, 1.54) is 4.90 Å². The Bertz CT molecular complexity index is 747. The quantitative estimate of drug-likeness (QED) is 0.817. The van der Waals surface area contributed by atoms with Gasteiger partial charge in [0.1, 0.15) is 17.5 Å². The van der Waals surface area contributed by atoms with Crippen molar-refractivity contribution in [1.29, 1.82) is 0 Å². The lowest BCUT2D eigenvalue weighted by Crippen LogP contribution is -2.32. The third-order valence-electron chi connectivity index (χ3n) is 4.50. The fourth-order valence-corrected chi connectivity index (χ4v) is 3.26. The minimum absolute atomic E-state index is 0.115. The van der Waals surface area contributed by atoms with E-state index in [2.05, 4.69) is 4.98 Å². The molecule has 1 aromatic heterocycles. The van der Waals surface area contributed by atoms with Gasteiger partial charge in [-0.25, -0.2) is 9.78 Å². The average molecular weight is 311 g/mol. The van der Waals surface area contributed by atoms with Gasteiger partial charge in [0.15, 0.2) is 0 Å². The number of imide groups is 1. The number of amides is 3. The molecule has 118 valence electrons. The molecule has 3 amide bonds. The van der Waals surface area contributed by atoms with Gasteiger partial charge in [0, 0.05) is 12.1 Å².